The summed E-state index contributed by atoms with van der Waals surface area (Å²) in [6, 6.07) is 7.17. The van der Waals surface area contributed by atoms with E-state index in [0.29, 0.717) is 0 Å². The molecule has 13 heavy (non-hydrogen) atoms. The van der Waals surface area contributed by atoms with Gasteiger partial charge in [-0.3, -0.25) is 0 Å². The van der Waals surface area contributed by atoms with Crippen molar-refractivity contribution >= 4 is 86.3 Å². The molecule has 0 nitrogen and oxygen atoms in total. The summed E-state index contributed by atoms with van der Waals surface area (Å²) in [6.07, 6.45) is 0. The van der Waals surface area contributed by atoms with Crippen LogP contribution in [-0.2, 0) is 0 Å². The number of rotatable bonds is 0. The summed E-state index contributed by atoms with van der Waals surface area (Å²) in [5.74, 6) is 0. The third-order valence-corrected chi connectivity index (χ3v) is 1.34. The zero-order valence-corrected chi connectivity index (χ0v) is 11.8. The highest BCUT2D eigenvalue weighted by Crippen LogP contribution is 2.11. The lowest BCUT2D eigenvalue weighted by atomic mass is 10.4. The van der Waals surface area contributed by atoms with Gasteiger partial charge in [0, 0.05) is 9.92 Å². The highest BCUT2D eigenvalue weighted by Gasteiger charge is 1.83. The van der Waals surface area contributed by atoms with E-state index in [2.05, 4.69) is 0 Å². The lowest BCUT2D eigenvalue weighted by molar-refractivity contribution is 1.48. The largest absolute Gasteiger partial charge is 0.147 e. The van der Waals surface area contributed by atoms with E-state index in [1.807, 2.05) is 0 Å². The van der Waals surface area contributed by atoms with Crippen LogP contribution in [0.1, 0.15) is 0 Å². The van der Waals surface area contributed by atoms with Gasteiger partial charge in [-0.25, -0.2) is 0 Å². The van der Waals surface area contributed by atoms with Crippen molar-refractivity contribution in [2.24, 2.45) is 0 Å². The second-order valence-electron chi connectivity index (χ2n) is 1.45. The van der Waals surface area contributed by atoms with Gasteiger partial charge in [0.05, 0.1) is 0 Å². The van der Waals surface area contributed by atoms with E-state index in [1.54, 1.807) is 24.3 Å². The zero-order valence-electron chi connectivity index (χ0n) is 6.14. The molecule has 0 saturated carbocycles. The van der Waals surface area contributed by atoms with Crippen LogP contribution in [0.2, 0.25) is 5.02 Å². The van der Waals surface area contributed by atoms with Crippen molar-refractivity contribution in [3.8, 4) is 0 Å². The summed E-state index contributed by atoms with van der Waals surface area (Å²) >= 11 is 10.4. The van der Waals surface area contributed by atoms with Gasteiger partial charge in [0.2, 0.25) is 0 Å². The summed E-state index contributed by atoms with van der Waals surface area (Å²) in [4.78, 5) is 0.828. The standard InChI is InChI=1S/C6H4ClS.5ClH/c7-5-1-3-6(8)4-2-5;;;;;/h1-4H;5*1H. The first-order valence-electron chi connectivity index (χ1n) is 2.21. The molecule has 0 saturated heterocycles. The number of benzene rings is 1. The first-order chi connectivity index (χ1) is 3.79. The molecule has 7 heteroatoms. The van der Waals surface area contributed by atoms with Crippen molar-refractivity contribution in [3.05, 3.63) is 29.3 Å². The SMILES string of the molecule is Cl.Cl.Cl.Cl.Cl.[S]c1ccc(Cl)cc1. The smallest absolute Gasteiger partial charge is 0.0406 e. The fraction of sp³-hybridized carbons (Fsp3) is 0. The van der Waals surface area contributed by atoms with E-state index in [4.69, 9.17) is 24.2 Å². The molecule has 1 aromatic rings. The van der Waals surface area contributed by atoms with E-state index in [1.165, 1.54) is 0 Å². The number of hydrogen-bond acceptors (Lipinski definition) is 0. The molecule has 1 aromatic carbocycles. The summed E-state index contributed by atoms with van der Waals surface area (Å²) in [6.45, 7) is 0. The van der Waals surface area contributed by atoms with Crippen molar-refractivity contribution in [2.75, 3.05) is 0 Å². The van der Waals surface area contributed by atoms with Crippen molar-refractivity contribution in [2.45, 2.75) is 4.90 Å². The molecular formula is C6H9Cl6S. The molecule has 0 unspecified atom stereocenters. The zero-order chi connectivity index (χ0) is 5.98. The fourth-order valence-corrected chi connectivity index (χ4v) is 0.697. The molecule has 0 atom stereocenters. The van der Waals surface area contributed by atoms with Gasteiger partial charge in [-0.1, -0.05) is 24.2 Å². The van der Waals surface area contributed by atoms with Gasteiger partial charge in [0.1, 0.15) is 0 Å². The van der Waals surface area contributed by atoms with Crippen LogP contribution in [0.25, 0.3) is 0 Å². The maximum Gasteiger partial charge on any atom is 0.0406 e. The highest BCUT2D eigenvalue weighted by molar-refractivity contribution is 7.80. The van der Waals surface area contributed by atoms with E-state index in [-0.39, 0.29) is 62.0 Å². The molecule has 0 aliphatic rings. The Balaban J connectivity index is -0.0000000427. The molecule has 0 heterocycles. The second-order valence-corrected chi connectivity index (χ2v) is 2.36. The number of hydrogen-bond donors (Lipinski definition) is 0. The van der Waals surface area contributed by atoms with Gasteiger partial charge in [-0.15, -0.1) is 62.0 Å². The predicted molar refractivity (Wildman–Crippen MR) is 73.5 cm³/mol. The van der Waals surface area contributed by atoms with Gasteiger partial charge in [0.15, 0.2) is 0 Å². The summed E-state index contributed by atoms with van der Waals surface area (Å²) in [7, 11) is 0. The first-order valence-corrected chi connectivity index (χ1v) is 3.00. The molecule has 0 aromatic heterocycles. The Kier molecular flexibility index (Phi) is 35.2. The van der Waals surface area contributed by atoms with E-state index >= 15 is 0 Å². The number of halogens is 6. The third-order valence-electron chi connectivity index (χ3n) is 0.814. The average Bonchev–Trinajstić information content (AvgIpc) is 1.77. The predicted octanol–water partition coefficient (Wildman–Crippen LogP) is 5.01. The van der Waals surface area contributed by atoms with Crippen molar-refractivity contribution < 1.29 is 0 Å². The molecule has 0 aliphatic carbocycles. The van der Waals surface area contributed by atoms with Gasteiger partial charge in [-0.2, -0.15) is 0 Å². The lowest BCUT2D eigenvalue weighted by Crippen LogP contribution is -1.61. The van der Waals surface area contributed by atoms with Crippen LogP contribution < -0.4 is 0 Å². The van der Waals surface area contributed by atoms with Crippen molar-refractivity contribution in [1.29, 1.82) is 0 Å². The fourth-order valence-electron chi connectivity index (χ4n) is 0.435. The van der Waals surface area contributed by atoms with Crippen molar-refractivity contribution in [1.82, 2.24) is 0 Å². The van der Waals surface area contributed by atoms with Gasteiger partial charge in [-0.05, 0) is 24.3 Å². The van der Waals surface area contributed by atoms with Crippen LogP contribution in [0, 0.1) is 0 Å². The van der Waals surface area contributed by atoms with Crippen LogP contribution in [-0.4, -0.2) is 0 Å². The molecule has 0 amide bonds. The second kappa shape index (κ2) is 15.6. The van der Waals surface area contributed by atoms with Gasteiger partial charge in [0.25, 0.3) is 0 Å². The Labute approximate surface area is 120 Å². The maximum absolute atomic E-state index is 5.57. The van der Waals surface area contributed by atoms with E-state index in [0.717, 1.165) is 9.92 Å². The van der Waals surface area contributed by atoms with Gasteiger partial charge < -0.3 is 0 Å². The minimum Gasteiger partial charge on any atom is -0.147 e. The normalized spacial score (nSPS) is 5.62. The lowest BCUT2D eigenvalue weighted by Gasteiger charge is -1.86. The Bertz CT molecular complexity index is 156. The molecular weight excluding hydrogens is 317 g/mol. The quantitative estimate of drug-likeness (QED) is 0.629. The van der Waals surface area contributed by atoms with Gasteiger partial charge >= 0.3 is 0 Å². The molecule has 0 bridgehead atoms. The van der Waals surface area contributed by atoms with Crippen molar-refractivity contribution in [3.63, 3.8) is 0 Å². The summed E-state index contributed by atoms with van der Waals surface area (Å²) in [5, 5.41) is 0.735. The minimum absolute atomic E-state index is 0. The summed E-state index contributed by atoms with van der Waals surface area (Å²) < 4.78 is 0. The Morgan fingerprint density at radius 1 is 0.769 bits per heavy atom. The van der Waals surface area contributed by atoms with Crippen LogP contribution in [0.3, 0.4) is 0 Å². The Morgan fingerprint density at radius 2 is 1.08 bits per heavy atom. The van der Waals surface area contributed by atoms with Crippen LogP contribution >= 0.6 is 86.3 Å². The monoisotopic (exact) mass is 323 g/mol. The average molecular weight is 326 g/mol. The van der Waals surface area contributed by atoms with Crippen LogP contribution in [0.5, 0.6) is 0 Å². The topological polar surface area (TPSA) is 0 Å². The minimum atomic E-state index is 0. The molecule has 1 radical (unpaired) electrons. The Hall–Kier alpha value is 1.18. The molecule has 1 rings (SSSR count). The van der Waals surface area contributed by atoms with Crippen LogP contribution in [0.4, 0.5) is 0 Å². The third kappa shape index (κ3) is 13.2. The molecule has 0 spiro atoms. The summed E-state index contributed by atoms with van der Waals surface area (Å²) in [5.41, 5.74) is 0. The highest BCUT2D eigenvalue weighted by atomic mass is 35.5. The van der Waals surface area contributed by atoms with Crippen LogP contribution in [0.15, 0.2) is 29.2 Å². The Morgan fingerprint density at radius 3 is 1.31 bits per heavy atom. The van der Waals surface area contributed by atoms with E-state index < -0.39 is 0 Å². The molecule has 81 valence electrons. The first kappa shape index (κ1) is 29.2. The maximum atomic E-state index is 5.57. The molecule has 0 aliphatic heterocycles. The molecule has 0 N–H and O–H groups in total. The molecule has 0 fully saturated rings. The van der Waals surface area contributed by atoms with E-state index in [9.17, 15) is 0 Å².